The van der Waals surface area contributed by atoms with Crippen LogP contribution < -0.4 is 5.43 Å². The Kier molecular flexibility index (Phi) is 6.50. The Balaban J connectivity index is 2.08. The number of halogens is 1. The van der Waals surface area contributed by atoms with E-state index in [1.54, 1.807) is 30.3 Å². The number of aliphatic imine (C=N–C) groups is 2. The van der Waals surface area contributed by atoms with Gasteiger partial charge in [-0.05, 0) is 12.1 Å². The minimum Gasteiger partial charge on any atom is -0.464 e. The minimum absolute atomic E-state index is 0.0203. The second-order valence-corrected chi connectivity index (χ2v) is 6.39. The van der Waals surface area contributed by atoms with Gasteiger partial charge in [-0.3, -0.25) is 20.5 Å². The molecule has 3 rings (SSSR count). The van der Waals surface area contributed by atoms with E-state index in [1.807, 2.05) is 0 Å². The molecule has 0 unspecified atom stereocenters. The van der Waals surface area contributed by atoms with Crippen LogP contribution in [-0.2, 0) is 9.53 Å². The van der Waals surface area contributed by atoms with E-state index in [0.717, 1.165) is 7.11 Å². The lowest BCUT2D eigenvalue weighted by Gasteiger charge is -2.09. The summed E-state index contributed by atoms with van der Waals surface area (Å²) in [6.45, 7) is -0.629. The summed E-state index contributed by atoms with van der Waals surface area (Å²) in [5.74, 6) is -0.607. The topological polar surface area (TPSA) is 139 Å². The van der Waals surface area contributed by atoms with E-state index in [4.69, 9.17) is 11.6 Å². The molecule has 1 heterocycles. The molecule has 2 aromatic carbocycles. The molecule has 2 aromatic rings. The van der Waals surface area contributed by atoms with E-state index in [-0.39, 0.29) is 29.5 Å². The van der Waals surface area contributed by atoms with Gasteiger partial charge < -0.3 is 9.84 Å². The van der Waals surface area contributed by atoms with Gasteiger partial charge in [0.2, 0.25) is 0 Å². The summed E-state index contributed by atoms with van der Waals surface area (Å²) < 4.78 is 4.53. The maximum atomic E-state index is 11.6. The number of esters is 1. The first-order valence-electron chi connectivity index (χ1n) is 8.62. The predicted molar refractivity (Wildman–Crippen MR) is 112 cm³/mol. The number of nitrogens with one attached hydrogen (secondary N) is 1. The van der Waals surface area contributed by atoms with E-state index in [1.165, 1.54) is 12.1 Å². The third-order valence-corrected chi connectivity index (χ3v) is 4.44. The summed E-state index contributed by atoms with van der Waals surface area (Å²) >= 11 is 6.32. The first kappa shape index (κ1) is 21.1. The van der Waals surface area contributed by atoms with Crippen LogP contribution >= 0.6 is 11.6 Å². The van der Waals surface area contributed by atoms with Gasteiger partial charge in [0, 0.05) is 28.3 Å². The normalized spacial score (nSPS) is 13.5. The molecule has 0 atom stereocenters. The highest BCUT2D eigenvalue weighted by atomic mass is 35.5. The number of nitrogens with zero attached hydrogens (tertiary/aromatic N) is 4. The Morgan fingerprint density at radius 3 is 2.77 bits per heavy atom. The van der Waals surface area contributed by atoms with Gasteiger partial charge in [-0.1, -0.05) is 29.8 Å². The summed E-state index contributed by atoms with van der Waals surface area (Å²) in [4.78, 5) is 31.2. The van der Waals surface area contributed by atoms with Crippen molar-refractivity contribution in [3.05, 3.63) is 68.7 Å². The van der Waals surface area contributed by atoms with Crippen LogP contribution in [0.1, 0.15) is 11.1 Å². The third-order valence-electron chi connectivity index (χ3n) is 4.11. The molecule has 0 aromatic heterocycles. The number of nitro groups is 1. The van der Waals surface area contributed by atoms with Crippen molar-refractivity contribution < 1.29 is 19.6 Å². The highest BCUT2D eigenvalue weighted by Gasteiger charge is 2.21. The number of hydrogen-bond acceptors (Lipinski definition) is 9. The van der Waals surface area contributed by atoms with Gasteiger partial charge in [0.1, 0.15) is 5.84 Å². The molecule has 0 bridgehead atoms. The Morgan fingerprint density at radius 1 is 1.33 bits per heavy atom. The molecule has 0 saturated heterocycles. The fraction of sp³-hybridized carbons (Fsp3) is 0.158. The molecule has 0 radical (unpaired) electrons. The Labute approximate surface area is 175 Å². The summed E-state index contributed by atoms with van der Waals surface area (Å²) in [7, 11) is 1.16. The molecular weight excluding hydrogens is 414 g/mol. The van der Waals surface area contributed by atoms with Crippen LogP contribution in [-0.4, -0.2) is 53.5 Å². The Bertz CT molecular complexity index is 1100. The van der Waals surface area contributed by atoms with E-state index in [2.05, 4.69) is 25.2 Å². The number of non-ortho nitro benzene ring substituents is 1. The smallest absolute Gasteiger partial charge is 0.356 e. The predicted octanol–water partition coefficient (Wildman–Crippen LogP) is 2.24. The lowest BCUT2D eigenvalue weighted by molar-refractivity contribution is -0.384. The zero-order valence-electron chi connectivity index (χ0n) is 15.7. The molecule has 30 heavy (non-hydrogen) atoms. The molecule has 0 amide bonds. The number of nitro benzene ring substituents is 1. The maximum Gasteiger partial charge on any atom is 0.356 e. The number of ether oxygens (including phenoxy) is 1. The van der Waals surface area contributed by atoms with E-state index in [9.17, 15) is 20.0 Å². The quantitative estimate of drug-likeness (QED) is 0.323. The Hall–Kier alpha value is -3.63. The molecule has 0 aliphatic carbocycles. The first-order valence-corrected chi connectivity index (χ1v) is 9.00. The molecule has 11 heteroatoms. The SMILES string of the molecule is COC(=O)/C(CO)=N\NC1=Nc2cc([N+](=O)[O-])ccc2C(c2ccccc2Cl)=NC1. The van der Waals surface area contributed by atoms with Crippen molar-refractivity contribution in [3.8, 4) is 0 Å². The highest BCUT2D eigenvalue weighted by molar-refractivity contribution is 6.37. The molecule has 0 saturated carbocycles. The number of fused-ring (bicyclic) bond motifs is 1. The molecule has 1 aliphatic rings. The van der Waals surface area contributed by atoms with Crippen LogP contribution in [0.5, 0.6) is 0 Å². The summed E-state index contributed by atoms with van der Waals surface area (Å²) in [6.07, 6.45) is 0. The number of benzene rings is 2. The second kappa shape index (κ2) is 9.25. The summed E-state index contributed by atoms with van der Waals surface area (Å²) in [6, 6.07) is 11.3. The van der Waals surface area contributed by atoms with Gasteiger partial charge in [0.05, 0.1) is 36.6 Å². The van der Waals surface area contributed by atoms with E-state index in [0.29, 0.717) is 21.9 Å². The van der Waals surface area contributed by atoms with Gasteiger partial charge in [0.15, 0.2) is 5.71 Å². The number of hydrazone groups is 1. The molecule has 0 spiro atoms. The van der Waals surface area contributed by atoms with Crippen LogP contribution in [0.4, 0.5) is 11.4 Å². The van der Waals surface area contributed by atoms with Crippen molar-refractivity contribution >= 4 is 46.2 Å². The number of methoxy groups -OCH3 is 1. The van der Waals surface area contributed by atoms with Crippen molar-refractivity contribution in [3.63, 3.8) is 0 Å². The Morgan fingerprint density at radius 2 is 2.10 bits per heavy atom. The van der Waals surface area contributed by atoms with Gasteiger partial charge >= 0.3 is 5.97 Å². The summed E-state index contributed by atoms with van der Waals surface area (Å²) in [5.41, 5.74) is 4.13. The molecule has 0 fully saturated rings. The van der Waals surface area contributed by atoms with Crippen LogP contribution in [0.3, 0.4) is 0 Å². The number of carbonyl (C=O) groups excluding carboxylic acids is 1. The zero-order chi connectivity index (χ0) is 21.7. The van der Waals surface area contributed by atoms with Gasteiger partial charge in [-0.25, -0.2) is 9.79 Å². The number of rotatable bonds is 5. The summed E-state index contributed by atoms with van der Waals surface area (Å²) in [5, 5.41) is 24.7. The highest BCUT2D eigenvalue weighted by Crippen LogP contribution is 2.31. The molecule has 154 valence electrons. The lowest BCUT2D eigenvalue weighted by atomic mass is 10.00. The van der Waals surface area contributed by atoms with Crippen molar-refractivity contribution in [2.75, 3.05) is 20.3 Å². The second-order valence-electron chi connectivity index (χ2n) is 5.98. The molecular formula is C19H16ClN5O5. The van der Waals surface area contributed by atoms with Gasteiger partial charge in [-0.2, -0.15) is 5.10 Å². The number of carbonyl (C=O) groups is 1. The lowest BCUT2D eigenvalue weighted by Crippen LogP contribution is -2.27. The fourth-order valence-corrected chi connectivity index (χ4v) is 2.91. The number of aliphatic hydroxyl groups excluding tert-OH is 1. The monoisotopic (exact) mass is 429 g/mol. The number of amidine groups is 1. The largest absolute Gasteiger partial charge is 0.464 e. The van der Waals surface area contributed by atoms with E-state index >= 15 is 0 Å². The third kappa shape index (κ3) is 4.50. The average molecular weight is 430 g/mol. The van der Waals surface area contributed by atoms with Crippen LogP contribution in [0.25, 0.3) is 0 Å². The standard InChI is InChI=1S/C19H16ClN5O5/c1-30-19(27)16(10-26)23-24-17-9-21-18(12-4-2-3-5-14(12)20)13-7-6-11(25(28)29)8-15(13)22-17/h2-8,26H,9-10H2,1H3,(H,22,24)/b23-16-. The van der Waals surface area contributed by atoms with Crippen LogP contribution in [0.15, 0.2) is 57.6 Å². The van der Waals surface area contributed by atoms with Crippen LogP contribution in [0, 0.1) is 10.1 Å². The van der Waals surface area contributed by atoms with Gasteiger partial charge in [-0.15, -0.1) is 0 Å². The number of aliphatic hydroxyl groups is 1. The molecule has 2 N–H and O–H groups in total. The fourth-order valence-electron chi connectivity index (χ4n) is 2.69. The first-order chi connectivity index (χ1) is 14.4. The van der Waals surface area contributed by atoms with Gasteiger partial charge in [0.25, 0.3) is 5.69 Å². The maximum absolute atomic E-state index is 11.6. The minimum atomic E-state index is -0.810. The van der Waals surface area contributed by atoms with Crippen molar-refractivity contribution in [2.24, 2.45) is 15.1 Å². The average Bonchev–Trinajstić information content (AvgIpc) is 2.93. The molecule has 10 nitrogen and oxygen atoms in total. The van der Waals surface area contributed by atoms with E-state index < -0.39 is 17.5 Å². The van der Waals surface area contributed by atoms with Crippen LogP contribution in [0.2, 0.25) is 5.02 Å². The van der Waals surface area contributed by atoms with Crippen molar-refractivity contribution in [1.82, 2.24) is 5.43 Å². The number of hydrogen-bond donors (Lipinski definition) is 2. The molecule has 1 aliphatic heterocycles. The van der Waals surface area contributed by atoms with Crippen molar-refractivity contribution in [1.29, 1.82) is 0 Å². The van der Waals surface area contributed by atoms with Crippen molar-refractivity contribution in [2.45, 2.75) is 0 Å². The zero-order valence-corrected chi connectivity index (χ0v) is 16.5.